The first-order chi connectivity index (χ1) is 9.10. The summed E-state index contributed by atoms with van der Waals surface area (Å²) in [5.41, 5.74) is 5.47. The molecule has 0 unspecified atom stereocenters. The Bertz CT molecular complexity index is 590. The Morgan fingerprint density at radius 1 is 1.11 bits per heavy atom. The normalized spacial score (nSPS) is 10.3. The molecule has 0 atom stereocenters. The van der Waals surface area contributed by atoms with Crippen LogP contribution in [0.2, 0.25) is 0 Å². The largest absolute Gasteiger partial charge is 0.370 e. The van der Waals surface area contributed by atoms with E-state index < -0.39 is 0 Å². The van der Waals surface area contributed by atoms with E-state index in [1.807, 2.05) is 19.1 Å². The number of carbonyl (C=O) groups excluding carboxylic acids is 1. The number of benzene rings is 2. The Hall–Kier alpha value is -2.09. The number of hydrogen-bond acceptors (Lipinski definition) is 2. The number of anilines is 1. The SMILES string of the molecule is Cc1cccc(CN(C)c2ccc(C=O)c(C)c2)c1. The van der Waals surface area contributed by atoms with Gasteiger partial charge in [-0.25, -0.2) is 0 Å². The molecule has 19 heavy (non-hydrogen) atoms. The highest BCUT2D eigenvalue weighted by Gasteiger charge is 2.05. The maximum absolute atomic E-state index is 10.8. The van der Waals surface area contributed by atoms with Crippen LogP contribution >= 0.6 is 0 Å². The highest BCUT2D eigenvalue weighted by molar-refractivity contribution is 5.78. The van der Waals surface area contributed by atoms with Crippen molar-refractivity contribution in [1.29, 1.82) is 0 Å². The average Bonchev–Trinajstić information content (AvgIpc) is 2.38. The monoisotopic (exact) mass is 253 g/mol. The molecule has 0 spiro atoms. The highest BCUT2D eigenvalue weighted by atomic mass is 16.1. The maximum Gasteiger partial charge on any atom is 0.150 e. The summed E-state index contributed by atoms with van der Waals surface area (Å²) in [7, 11) is 2.07. The van der Waals surface area contributed by atoms with Crippen LogP contribution in [-0.2, 0) is 6.54 Å². The molecule has 2 aromatic rings. The van der Waals surface area contributed by atoms with Crippen molar-refractivity contribution in [2.75, 3.05) is 11.9 Å². The van der Waals surface area contributed by atoms with Crippen molar-refractivity contribution in [3.8, 4) is 0 Å². The van der Waals surface area contributed by atoms with Gasteiger partial charge < -0.3 is 4.90 Å². The van der Waals surface area contributed by atoms with E-state index in [4.69, 9.17) is 0 Å². The lowest BCUT2D eigenvalue weighted by atomic mass is 10.1. The third-order valence-corrected chi connectivity index (χ3v) is 3.32. The standard InChI is InChI=1S/C17H19NO/c1-13-5-4-6-15(9-13)11-18(3)17-8-7-16(12-19)14(2)10-17/h4-10,12H,11H2,1-3H3. The minimum absolute atomic E-state index is 0.757. The van der Waals surface area contributed by atoms with E-state index in [9.17, 15) is 4.79 Å². The highest BCUT2D eigenvalue weighted by Crippen LogP contribution is 2.19. The molecule has 0 saturated heterocycles. The van der Waals surface area contributed by atoms with Crippen LogP contribution in [0, 0.1) is 13.8 Å². The predicted molar refractivity (Wildman–Crippen MR) is 79.9 cm³/mol. The van der Waals surface area contributed by atoms with Gasteiger partial charge in [-0.05, 0) is 43.2 Å². The van der Waals surface area contributed by atoms with Crippen LogP contribution < -0.4 is 4.90 Å². The van der Waals surface area contributed by atoms with Crippen molar-refractivity contribution >= 4 is 12.0 Å². The van der Waals surface area contributed by atoms with Gasteiger partial charge >= 0.3 is 0 Å². The molecule has 2 nitrogen and oxygen atoms in total. The summed E-state index contributed by atoms with van der Waals surface area (Å²) in [6, 6.07) is 14.4. The van der Waals surface area contributed by atoms with E-state index in [1.165, 1.54) is 11.1 Å². The number of rotatable bonds is 4. The fraction of sp³-hybridized carbons (Fsp3) is 0.235. The van der Waals surface area contributed by atoms with Crippen molar-refractivity contribution in [3.05, 3.63) is 64.7 Å². The molecule has 2 aromatic carbocycles. The number of aryl methyl sites for hydroxylation is 2. The van der Waals surface area contributed by atoms with Gasteiger partial charge in [0.1, 0.15) is 6.29 Å². The van der Waals surface area contributed by atoms with E-state index in [0.29, 0.717) is 0 Å². The van der Waals surface area contributed by atoms with Crippen molar-refractivity contribution in [2.24, 2.45) is 0 Å². The van der Waals surface area contributed by atoms with Gasteiger partial charge in [0.05, 0.1) is 0 Å². The number of hydrogen-bond donors (Lipinski definition) is 0. The van der Waals surface area contributed by atoms with Crippen LogP contribution in [0.3, 0.4) is 0 Å². The molecule has 0 fully saturated rings. The summed E-state index contributed by atoms with van der Waals surface area (Å²) in [4.78, 5) is 13.0. The second-order valence-corrected chi connectivity index (χ2v) is 5.00. The number of aldehydes is 1. The Morgan fingerprint density at radius 2 is 1.89 bits per heavy atom. The van der Waals surface area contributed by atoms with Crippen molar-refractivity contribution in [2.45, 2.75) is 20.4 Å². The zero-order valence-electron chi connectivity index (χ0n) is 11.7. The molecule has 2 heteroatoms. The molecule has 0 aliphatic rings. The van der Waals surface area contributed by atoms with Gasteiger partial charge in [-0.15, -0.1) is 0 Å². The maximum atomic E-state index is 10.8. The Morgan fingerprint density at radius 3 is 2.53 bits per heavy atom. The first-order valence-corrected chi connectivity index (χ1v) is 6.42. The first kappa shape index (κ1) is 13.3. The zero-order chi connectivity index (χ0) is 13.8. The Balaban J connectivity index is 2.18. The molecule has 0 N–H and O–H groups in total. The van der Waals surface area contributed by atoms with E-state index in [2.05, 4.69) is 49.2 Å². The summed E-state index contributed by atoms with van der Waals surface area (Å²) in [5, 5.41) is 0. The molecular formula is C17H19NO. The molecule has 0 amide bonds. The molecule has 0 bridgehead atoms. The van der Waals surface area contributed by atoms with E-state index in [-0.39, 0.29) is 0 Å². The molecule has 0 heterocycles. The third-order valence-electron chi connectivity index (χ3n) is 3.32. The van der Waals surface area contributed by atoms with Gasteiger partial charge in [-0.2, -0.15) is 0 Å². The second-order valence-electron chi connectivity index (χ2n) is 5.00. The summed E-state index contributed by atoms with van der Waals surface area (Å²) >= 11 is 0. The number of carbonyl (C=O) groups is 1. The summed E-state index contributed by atoms with van der Waals surface area (Å²) in [6.45, 7) is 4.93. The van der Waals surface area contributed by atoms with Crippen LogP contribution in [0.5, 0.6) is 0 Å². The molecule has 2 rings (SSSR count). The van der Waals surface area contributed by atoms with Gasteiger partial charge in [0, 0.05) is 24.8 Å². The zero-order valence-corrected chi connectivity index (χ0v) is 11.7. The van der Waals surface area contributed by atoms with Gasteiger partial charge in [0.25, 0.3) is 0 Å². The Kier molecular flexibility index (Phi) is 4.00. The van der Waals surface area contributed by atoms with E-state index in [1.54, 1.807) is 0 Å². The summed E-state index contributed by atoms with van der Waals surface area (Å²) in [5.74, 6) is 0. The van der Waals surface area contributed by atoms with Crippen LogP contribution in [0.4, 0.5) is 5.69 Å². The van der Waals surface area contributed by atoms with E-state index >= 15 is 0 Å². The smallest absolute Gasteiger partial charge is 0.150 e. The summed E-state index contributed by atoms with van der Waals surface area (Å²) in [6.07, 6.45) is 0.902. The molecule has 0 aliphatic carbocycles. The van der Waals surface area contributed by atoms with Crippen molar-refractivity contribution < 1.29 is 4.79 Å². The van der Waals surface area contributed by atoms with Crippen LogP contribution in [-0.4, -0.2) is 13.3 Å². The van der Waals surface area contributed by atoms with Gasteiger partial charge in [0.2, 0.25) is 0 Å². The first-order valence-electron chi connectivity index (χ1n) is 6.42. The van der Waals surface area contributed by atoms with Crippen LogP contribution in [0.15, 0.2) is 42.5 Å². The fourth-order valence-electron chi connectivity index (χ4n) is 2.21. The van der Waals surface area contributed by atoms with Crippen LogP contribution in [0.25, 0.3) is 0 Å². The molecular weight excluding hydrogens is 234 g/mol. The molecule has 98 valence electrons. The Labute approximate surface area is 114 Å². The van der Waals surface area contributed by atoms with Crippen molar-refractivity contribution in [3.63, 3.8) is 0 Å². The predicted octanol–water partition coefficient (Wildman–Crippen LogP) is 3.75. The fourth-order valence-corrected chi connectivity index (χ4v) is 2.21. The summed E-state index contributed by atoms with van der Waals surface area (Å²) < 4.78 is 0. The minimum atomic E-state index is 0.757. The minimum Gasteiger partial charge on any atom is -0.370 e. The topological polar surface area (TPSA) is 20.3 Å². The van der Waals surface area contributed by atoms with Gasteiger partial charge in [-0.1, -0.05) is 29.8 Å². The lowest BCUT2D eigenvalue weighted by Crippen LogP contribution is -2.16. The quantitative estimate of drug-likeness (QED) is 0.773. The molecule has 0 aliphatic heterocycles. The lowest BCUT2D eigenvalue weighted by molar-refractivity contribution is 0.112. The molecule has 0 aromatic heterocycles. The molecule has 0 saturated carbocycles. The third kappa shape index (κ3) is 3.22. The molecule has 0 radical (unpaired) electrons. The van der Waals surface area contributed by atoms with Crippen LogP contribution in [0.1, 0.15) is 27.0 Å². The second kappa shape index (κ2) is 5.70. The number of nitrogens with zero attached hydrogens (tertiary/aromatic N) is 1. The van der Waals surface area contributed by atoms with Crippen molar-refractivity contribution in [1.82, 2.24) is 0 Å². The van der Waals surface area contributed by atoms with E-state index in [0.717, 1.165) is 29.6 Å². The average molecular weight is 253 g/mol. The lowest BCUT2D eigenvalue weighted by Gasteiger charge is -2.20. The van der Waals surface area contributed by atoms with Gasteiger partial charge in [0.15, 0.2) is 0 Å². The van der Waals surface area contributed by atoms with Gasteiger partial charge in [-0.3, -0.25) is 4.79 Å².